The maximum atomic E-state index is 15.1. The number of para-hydroxylation sites is 2. The minimum atomic E-state index is -4.79. The summed E-state index contributed by atoms with van der Waals surface area (Å²) >= 11 is 0. The molecule has 2 heterocycles. The second-order valence-corrected chi connectivity index (χ2v) is 15.0. The molecule has 4 nitrogen and oxygen atoms in total. The molecule has 2 aromatic heterocycles. The summed E-state index contributed by atoms with van der Waals surface area (Å²) in [5.41, 5.74) is 4.26. The molecule has 8 aromatic carbocycles. The number of nitriles is 1. The van der Waals surface area contributed by atoms with Gasteiger partial charge in [-0.1, -0.05) is 109 Å². The molecule has 0 bridgehead atoms. The van der Waals surface area contributed by atoms with E-state index in [1.54, 1.807) is 81.9 Å². The predicted octanol–water partition coefficient (Wildman–Crippen LogP) is 15.3. The van der Waals surface area contributed by atoms with Crippen molar-refractivity contribution >= 4 is 49.3 Å². The van der Waals surface area contributed by atoms with Gasteiger partial charge in [-0.15, -0.1) is 0 Å². The van der Waals surface area contributed by atoms with Crippen LogP contribution in [-0.4, -0.2) is 9.13 Å². The van der Waals surface area contributed by atoms with Gasteiger partial charge in [0.1, 0.15) is 0 Å². The molecule has 10 rings (SSSR count). The first-order chi connectivity index (χ1) is 29.9. The summed E-state index contributed by atoms with van der Waals surface area (Å²) in [7, 11) is 0. The lowest BCUT2D eigenvalue weighted by Gasteiger charge is -2.20. The number of nitrogens with zero attached hydrogens (tertiary/aromatic N) is 4. The van der Waals surface area contributed by atoms with Crippen LogP contribution in [0.2, 0.25) is 0 Å². The van der Waals surface area contributed by atoms with Crippen molar-refractivity contribution in [1.29, 1.82) is 5.26 Å². The molecule has 0 atom stereocenters. The predicted molar refractivity (Wildman–Crippen MR) is 232 cm³/mol. The van der Waals surface area contributed by atoms with Crippen LogP contribution in [0.4, 0.5) is 32.0 Å². The standard InChI is InChI=1S/C52H28F6N4/c1-60-38-20-14-33(15-21-38)35-17-23-42-40-7-3-5-9-46(40)62(48(42)27-35)50-29-37(19-25-44(50)52(56,57)58)36-18-24-43(51(53,54)55)49(28-36)61-45-8-4-2-6-39(45)41-22-16-34(26-47(41)61)32-12-10-31(30-59)11-13-32/h2-29H. The van der Waals surface area contributed by atoms with Gasteiger partial charge in [-0.05, 0) is 94.0 Å². The Morgan fingerprint density at radius 2 is 0.790 bits per heavy atom. The van der Waals surface area contributed by atoms with E-state index in [0.717, 1.165) is 45.2 Å². The van der Waals surface area contributed by atoms with Crippen molar-refractivity contribution in [3.05, 3.63) is 198 Å². The van der Waals surface area contributed by atoms with E-state index in [1.807, 2.05) is 60.7 Å². The number of benzene rings is 8. The smallest absolute Gasteiger partial charge is 0.309 e. The molecule has 62 heavy (non-hydrogen) atoms. The largest absolute Gasteiger partial charge is 0.418 e. The van der Waals surface area contributed by atoms with Crippen LogP contribution in [-0.2, 0) is 12.4 Å². The third-order valence-electron chi connectivity index (χ3n) is 11.4. The van der Waals surface area contributed by atoms with Crippen LogP contribution < -0.4 is 0 Å². The van der Waals surface area contributed by atoms with Crippen LogP contribution >= 0.6 is 0 Å². The molecule has 10 aromatic rings. The highest BCUT2D eigenvalue weighted by Gasteiger charge is 2.37. The number of halogens is 6. The molecule has 0 saturated heterocycles. The summed E-state index contributed by atoms with van der Waals surface area (Å²) in [6.07, 6.45) is -9.59. The van der Waals surface area contributed by atoms with E-state index < -0.39 is 23.5 Å². The maximum Gasteiger partial charge on any atom is 0.418 e. The molecule has 0 N–H and O–H groups in total. The third kappa shape index (κ3) is 6.32. The van der Waals surface area contributed by atoms with Crippen LogP contribution in [0.25, 0.3) is 93.2 Å². The van der Waals surface area contributed by atoms with Gasteiger partial charge in [0.2, 0.25) is 0 Å². The number of hydrogen-bond donors (Lipinski definition) is 0. The number of hydrogen-bond acceptors (Lipinski definition) is 1. The molecule has 0 fully saturated rings. The van der Waals surface area contributed by atoms with Crippen molar-refractivity contribution in [2.75, 3.05) is 0 Å². The Balaban J connectivity index is 1.21. The summed E-state index contributed by atoms with van der Waals surface area (Å²) in [6.45, 7) is 7.33. The lowest BCUT2D eigenvalue weighted by atomic mass is 9.98. The monoisotopic (exact) mass is 822 g/mol. The molecule has 10 heteroatoms. The zero-order chi connectivity index (χ0) is 42.9. The number of fused-ring (bicyclic) bond motifs is 6. The Bertz CT molecular complexity index is 3270. The first-order valence-corrected chi connectivity index (χ1v) is 19.4. The average Bonchev–Trinajstić information content (AvgIpc) is 3.80. The molecule has 0 spiro atoms. The summed E-state index contributed by atoms with van der Waals surface area (Å²) in [4.78, 5) is 3.46. The second kappa shape index (κ2) is 14.3. The Morgan fingerprint density at radius 1 is 0.419 bits per heavy atom. The summed E-state index contributed by atoms with van der Waals surface area (Å²) in [5.74, 6) is 0. The fourth-order valence-electron chi connectivity index (χ4n) is 8.56. The van der Waals surface area contributed by atoms with Crippen molar-refractivity contribution in [3.8, 4) is 50.8 Å². The zero-order valence-electron chi connectivity index (χ0n) is 32.2. The van der Waals surface area contributed by atoms with E-state index in [9.17, 15) is 5.26 Å². The van der Waals surface area contributed by atoms with Crippen molar-refractivity contribution in [3.63, 3.8) is 0 Å². The van der Waals surface area contributed by atoms with E-state index in [-0.39, 0.29) is 22.5 Å². The van der Waals surface area contributed by atoms with Crippen LogP contribution in [0.15, 0.2) is 170 Å². The molecule has 0 amide bonds. The van der Waals surface area contributed by atoms with E-state index in [2.05, 4.69) is 10.9 Å². The summed E-state index contributed by atoms with van der Waals surface area (Å²) < 4.78 is 93.9. The molecule has 0 aliphatic carbocycles. The Kier molecular flexibility index (Phi) is 8.79. The molecular weight excluding hydrogens is 795 g/mol. The van der Waals surface area contributed by atoms with Gasteiger partial charge in [-0.25, -0.2) is 4.85 Å². The molecule has 0 saturated carbocycles. The van der Waals surface area contributed by atoms with Crippen molar-refractivity contribution in [2.45, 2.75) is 12.4 Å². The second-order valence-electron chi connectivity index (χ2n) is 15.0. The number of alkyl halides is 6. The van der Waals surface area contributed by atoms with E-state index in [4.69, 9.17) is 6.57 Å². The topological polar surface area (TPSA) is 38.0 Å². The van der Waals surface area contributed by atoms with Gasteiger partial charge >= 0.3 is 12.4 Å². The van der Waals surface area contributed by atoms with Gasteiger partial charge in [0.15, 0.2) is 5.69 Å². The molecule has 298 valence electrons. The van der Waals surface area contributed by atoms with Gasteiger partial charge in [-0.3, -0.25) is 0 Å². The SMILES string of the molecule is [C-]#[N+]c1ccc(-c2ccc3c4ccccc4n(-c4cc(-c5ccc(C(F)(F)F)c(-n6c7ccccc7c7ccc(-c8ccc(C#N)cc8)cc76)c5)ccc4C(F)(F)F)c3c2)cc1. The Labute approximate surface area is 350 Å². The van der Waals surface area contributed by atoms with E-state index >= 15 is 26.3 Å². The summed E-state index contributed by atoms with van der Waals surface area (Å²) in [6, 6.07) is 48.7. The van der Waals surface area contributed by atoms with Gasteiger partial charge < -0.3 is 9.13 Å². The fourth-order valence-corrected chi connectivity index (χ4v) is 8.56. The van der Waals surface area contributed by atoms with E-state index in [1.165, 1.54) is 24.3 Å². The highest BCUT2D eigenvalue weighted by Crippen LogP contribution is 2.44. The highest BCUT2D eigenvalue weighted by molar-refractivity contribution is 6.11. The molecule has 0 unspecified atom stereocenters. The molecule has 0 aliphatic rings. The normalized spacial score (nSPS) is 12.0. The van der Waals surface area contributed by atoms with Crippen molar-refractivity contribution in [1.82, 2.24) is 9.13 Å². The van der Waals surface area contributed by atoms with Gasteiger partial charge in [0, 0.05) is 21.5 Å². The molecule has 0 aliphatic heterocycles. The maximum absolute atomic E-state index is 15.1. The van der Waals surface area contributed by atoms with Gasteiger partial charge in [-0.2, -0.15) is 31.6 Å². The van der Waals surface area contributed by atoms with Gasteiger partial charge in [0.05, 0.1) is 62.8 Å². The summed E-state index contributed by atoms with van der Waals surface area (Å²) in [5, 5.41) is 12.2. The zero-order valence-corrected chi connectivity index (χ0v) is 32.2. The van der Waals surface area contributed by atoms with Crippen LogP contribution in [0, 0.1) is 17.9 Å². The highest BCUT2D eigenvalue weighted by atomic mass is 19.4. The number of rotatable bonds is 5. The fraction of sp³-hybridized carbons (Fsp3) is 0.0385. The van der Waals surface area contributed by atoms with Crippen LogP contribution in [0.3, 0.4) is 0 Å². The van der Waals surface area contributed by atoms with Crippen LogP contribution in [0.5, 0.6) is 0 Å². The lowest BCUT2D eigenvalue weighted by molar-refractivity contribution is -0.138. The van der Waals surface area contributed by atoms with Gasteiger partial charge in [0.25, 0.3) is 0 Å². The average molecular weight is 823 g/mol. The van der Waals surface area contributed by atoms with Crippen molar-refractivity contribution < 1.29 is 26.3 Å². The molecule has 0 radical (unpaired) electrons. The molecular formula is C52H28F6N4. The minimum Gasteiger partial charge on any atom is -0.309 e. The first kappa shape index (κ1) is 38.1. The van der Waals surface area contributed by atoms with Crippen LogP contribution in [0.1, 0.15) is 16.7 Å². The van der Waals surface area contributed by atoms with Crippen molar-refractivity contribution in [2.24, 2.45) is 0 Å². The quantitative estimate of drug-likeness (QED) is 0.126. The van der Waals surface area contributed by atoms with E-state index in [0.29, 0.717) is 44.1 Å². The Hall–Kier alpha value is -8.08. The third-order valence-corrected chi connectivity index (χ3v) is 11.4. The minimum absolute atomic E-state index is 0.188. The Morgan fingerprint density at radius 3 is 1.21 bits per heavy atom. The number of aromatic nitrogens is 2. The first-order valence-electron chi connectivity index (χ1n) is 19.4. The lowest BCUT2D eigenvalue weighted by Crippen LogP contribution is -2.12.